The molecule has 0 aliphatic heterocycles. The van der Waals surface area contributed by atoms with Gasteiger partial charge in [0.25, 0.3) is 0 Å². The number of hydrogen-bond acceptors (Lipinski definition) is 5. The lowest BCUT2D eigenvalue weighted by Gasteiger charge is -2.04. The number of nitriles is 1. The molecule has 0 aromatic heterocycles. The lowest BCUT2D eigenvalue weighted by Crippen LogP contribution is -2.40. The molecule has 0 bridgehead atoms. The Labute approximate surface area is 75.9 Å². The van der Waals surface area contributed by atoms with Gasteiger partial charge in [-0.15, -0.1) is 0 Å². The van der Waals surface area contributed by atoms with Crippen LogP contribution in [0, 0.1) is 11.3 Å². The summed E-state index contributed by atoms with van der Waals surface area (Å²) in [6.45, 7) is 1.20. The van der Waals surface area contributed by atoms with Crippen LogP contribution < -0.4 is 9.44 Å². The highest BCUT2D eigenvalue weighted by Crippen LogP contribution is 1.81. The van der Waals surface area contributed by atoms with Gasteiger partial charge in [0.1, 0.15) is 0 Å². The van der Waals surface area contributed by atoms with Crippen LogP contribution in [0.1, 0.15) is 6.92 Å². The van der Waals surface area contributed by atoms with E-state index in [4.69, 9.17) is 5.26 Å². The fourth-order valence-corrected chi connectivity index (χ4v) is 1.04. The molecule has 0 saturated heterocycles. The molecule has 0 radical (unpaired) electrons. The summed E-state index contributed by atoms with van der Waals surface area (Å²) in [5.74, 6) is 0. The predicted octanol–water partition coefficient (Wildman–Crippen LogP) is -0.910. The maximum absolute atomic E-state index is 10.8. The largest absolute Gasteiger partial charge is 0.449 e. The summed E-state index contributed by atoms with van der Waals surface area (Å²) in [5.41, 5.74) is 0. The number of carbonyl (C=O) groups is 1. The van der Waals surface area contributed by atoms with Crippen molar-refractivity contribution < 1.29 is 17.9 Å². The summed E-state index contributed by atoms with van der Waals surface area (Å²) in [6.07, 6.45) is -1.08. The van der Waals surface area contributed by atoms with Crippen molar-refractivity contribution in [3.05, 3.63) is 0 Å². The van der Waals surface area contributed by atoms with Crippen LogP contribution in [0.5, 0.6) is 0 Å². The average Bonchev–Trinajstić information content (AvgIpc) is 2.00. The first-order chi connectivity index (χ1) is 6.02. The fraction of sp³-hybridized carbons (Fsp3) is 0.600. The van der Waals surface area contributed by atoms with Crippen LogP contribution in [0.25, 0.3) is 0 Å². The number of carbonyl (C=O) groups excluding carboxylic acids is 1. The third-order valence-corrected chi connectivity index (χ3v) is 1.79. The van der Waals surface area contributed by atoms with Gasteiger partial charge in [-0.3, -0.25) is 0 Å². The van der Waals surface area contributed by atoms with Crippen LogP contribution in [0.2, 0.25) is 0 Å². The molecule has 0 aliphatic carbocycles. The van der Waals surface area contributed by atoms with Gasteiger partial charge in [-0.25, -0.2) is 9.52 Å². The van der Waals surface area contributed by atoms with Gasteiger partial charge in [-0.1, -0.05) is 0 Å². The Balaban J connectivity index is 4.04. The zero-order valence-electron chi connectivity index (χ0n) is 6.90. The Morgan fingerprint density at radius 3 is 2.69 bits per heavy atom. The third kappa shape index (κ3) is 5.89. The van der Waals surface area contributed by atoms with Gasteiger partial charge in [-0.05, 0) is 6.92 Å². The molecule has 0 aromatic carbocycles. The molecule has 0 aliphatic rings. The van der Waals surface area contributed by atoms with Crippen molar-refractivity contribution in [3.8, 4) is 6.07 Å². The molecule has 0 saturated carbocycles. The number of ether oxygens (including phenoxy) is 1. The van der Waals surface area contributed by atoms with E-state index < -0.39 is 22.8 Å². The molecule has 0 heterocycles. The van der Waals surface area contributed by atoms with E-state index in [2.05, 4.69) is 4.74 Å². The SMILES string of the molecule is CCOC(=O)NS(=O)(=O)NCC#N. The Kier molecular flexibility index (Phi) is 4.79. The molecular formula is C5H9N3O4S. The van der Waals surface area contributed by atoms with E-state index in [0.29, 0.717) is 0 Å². The Morgan fingerprint density at radius 2 is 2.23 bits per heavy atom. The van der Waals surface area contributed by atoms with Crippen molar-refractivity contribution in [2.24, 2.45) is 0 Å². The molecular weight excluding hydrogens is 198 g/mol. The summed E-state index contributed by atoms with van der Waals surface area (Å²) >= 11 is 0. The Bertz CT molecular complexity index is 304. The minimum absolute atomic E-state index is 0.0691. The lowest BCUT2D eigenvalue weighted by atomic mass is 10.8. The minimum Gasteiger partial charge on any atom is -0.449 e. The van der Waals surface area contributed by atoms with E-state index in [1.165, 1.54) is 6.92 Å². The van der Waals surface area contributed by atoms with Crippen molar-refractivity contribution in [3.63, 3.8) is 0 Å². The van der Waals surface area contributed by atoms with Crippen molar-refractivity contribution in [2.75, 3.05) is 13.2 Å². The minimum atomic E-state index is -3.96. The number of nitrogens with zero attached hydrogens (tertiary/aromatic N) is 1. The van der Waals surface area contributed by atoms with E-state index in [0.717, 1.165) is 0 Å². The highest BCUT2D eigenvalue weighted by atomic mass is 32.2. The van der Waals surface area contributed by atoms with E-state index in [1.54, 1.807) is 15.5 Å². The molecule has 0 spiro atoms. The zero-order chi connectivity index (χ0) is 10.3. The lowest BCUT2D eigenvalue weighted by molar-refractivity contribution is 0.158. The molecule has 0 rings (SSSR count). The fourth-order valence-electron chi connectivity index (χ4n) is 0.434. The summed E-state index contributed by atoms with van der Waals surface area (Å²) in [4.78, 5) is 10.6. The Morgan fingerprint density at radius 1 is 1.62 bits per heavy atom. The zero-order valence-corrected chi connectivity index (χ0v) is 7.72. The molecule has 8 heteroatoms. The van der Waals surface area contributed by atoms with Gasteiger partial charge in [0.05, 0.1) is 19.2 Å². The molecule has 2 N–H and O–H groups in total. The Hall–Kier alpha value is -1.33. The quantitative estimate of drug-likeness (QED) is 0.580. The monoisotopic (exact) mass is 207 g/mol. The van der Waals surface area contributed by atoms with Gasteiger partial charge in [0, 0.05) is 0 Å². The standard InChI is InChI=1S/C5H9N3O4S/c1-2-12-5(9)8-13(10,11)7-4-3-6/h7H,2,4H2,1H3,(H,8,9). The van der Waals surface area contributed by atoms with Crippen molar-refractivity contribution in [1.82, 2.24) is 9.44 Å². The summed E-state index contributed by atoms with van der Waals surface area (Å²) in [7, 11) is -3.96. The molecule has 0 unspecified atom stereocenters. The van der Waals surface area contributed by atoms with Crippen LogP contribution in [0.15, 0.2) is 0 Å². The maximum atomic E-state index is 10.8. The maximum Gasteiger partial charge on any atom is 0.421 e. The second-order valence-electron chi connectivity index (χ2n) is 1.81. The van der Waals surface area contributed by atoms with Gasteiger partial charge in [0.2, 0.25) is 0 Å². The summed E-state index contributed by atoms with van der Waals surface area (Å²) in [5, 5.41) is 8.05. The van der Waals surface area contributed by atoms with Crippen LogP contribution >= 0.6 is 0 Å². The molecule has 0 aromatic rings. The first-order valence-electron chi connectivity index (χ1n) is 3.33. The summed E-state index contributed by atoms with van der Waals surface area (Å²) < 4.78 is 29.2. The first-order valence-corrected chi connectivity index (χ1v) is 4.81. The van der Waals surface area contributed by atoms with Crippen LogP contribution in [-0.2, 0) is 14.9 Å². The van der Waals surface area contributed by atoms with Crippen molar-refractivity contribution >= 4 is 16.3 Å². The topological polar surface area (TPSA) is 108 Å². The average molecular weight is 207 g/mol. The number of rotatable bonds is 4. The van der Waals surface area contributed by atoms with Gasteiger partial charge in [0.15, 0.2) is 0 Å². The number of nitrogens with one attached hydrogen (secondary N) is 2. The smallest absolute Gasteiger partial charge is 0.421 e. The molecule has 13 heavy (non-hydrogen) atoms. The highest BCUT2D eigenvalue weighted by molar-refractivity contribution is 7.88. The van der Waals surface area contributed by atoms with Gasteiger partial charge < -0.3 is 4.74 Å². The van der Waals surface area contributed by atoms with Gasteiger partial charge in [-0.2, -0.15) is 18.4 Å². The van der Waals surface area contributed by atoms with E-state index >= 15 is 0 Å². The van der Waals surface area contributed by atoms with E-state index in [1.807, 2.05) is 0 Å². The molecule has 0 fully saturated rings. The van der Waals surface area contributed by atoms with Crippen molar-refractivity contribution in [2.45, 2.75) is 6.92 Å². The molecule has 7 nitrogen and oxygen atoms in total. The van der Waals surface area contributed by atoms with E-state index in [-0.39, 0.29) is 6.61 Å². The molecule has 0 atom stereocenters. The molecule has 74 valence electrons. The van der Waals surface area contributed by atoms with Crippen LogP contribution in [0.3, 0.4) is 0 Å². The number of hydrogen-bond donors (Lipinski definition) is 2. The second kappa shape index (κ2) is 5.34. The predicted molar refractivity (Wildman–Crippen MR) is 42.7 cm³/mol. The van der Waals surface area contributed by atoms with E-state index in [9.17, 15) is 13.2 Å². The first kappa shape index (κ1) is 11.7. The normalized spacial score (nSPS) is 10.2. The highest BCUT2D eigenvalue weighted by Gasteiger charge is 2.13. The van der Waals surface area contributed by atoms with Crippen LogP contribution in [-0.4, -0.2) is 27.7 Å². The second-order valence-corrected chi connectivity index (χ2v) is 3.30. The van der Waals surface area contributed by atoms with Crippen LogP contribution in [0.4, 0.5) is 4.79 Å². The number of amides is 1. The third-order valence-electron chi connectivity index (χ3n) is 0.834. The van der Waals surface area contributed by atoms with Crippen molar-refractivity contribution in [1.29, 1.82) is 5.26 Å². The summed E-state index contributed by atoms with van der Waals surface area (Å²) in [6, 6.07) is 1.55. The molecule has 1 amide bonds. The van der Waals surface area contributed by atoms with Gasteiger partial charge >= 0.3 is 16.3 Å².